The molecule has 0 unspecified atom stereocenters. The lowest BCUT2D eigenvalue weighted by Crippen LogP contribution is -2.49. The van der Waals surface area contributed by atoms with Gasteiger partial charge in [0.1, 0.15) is 35.2 Å². The molecular formula is C25H26N8O2. The standard InChI is InChI=1S/C25H26N8O2/c1-31-21(15-20(30-31)18-6-5-7-19(14-18)35-2)25(34)33-12-10-32(11-13-33)24-16-23(27-17-28-24)29-22-8-3-4-9-26-22/h3-9,14-17H,10-13H2,1-2H3,(H,26,27,28,29). The van der Waals surface area contributed by atoms with Gasteiger partial charge in [-0.05, 0) is 30.3 Å². The van der Waals surface area contributed by atoms with Crippen LogP contribution < -0.4 is 15.0 Å². The minimum Gasteiger partial charge on any atom is -0.497 e. The van der Waals surface area contributed by atoms with Gasteiger partial charge in [0.15, 0.2) is 0 Å². The van der Waals surface area contributed by atoms with Gasteiger partial charge in [-0.1, -0.05) is 18.2 Å². The molecule has 0 saturated carbocycles. The zero-order chi connectivity index (χ0) is 24.2. The number of aromatic nitrogens is 5. The molecule has 5 rings (SSSR count). The summed E-state index contributed by atoms with van der Waals surface area (Å²) >= 11 is 0. The average Bonchev–Trinajstić information content (AvgIpc) is 3.30. The van der Waals surface area contributed by atoms with Crippen LogP contribution in [-0.2, 0) is 7.05 Å². The molecule has 1 fully saturated rings. The van der Waals surface area contributed by atoms with Crippen molar-refractivity contribution < 1.29 is 9.53 Å². The van der Waals surface area contributed by atoms with Crippen molar-refractivity contribution in [1.82, 2.24) is 29.6 Å². The smallest absolute Gasteiger partial charge is 0.272 e. The van der Waals surface area contributed by atoms with Gasteiger partial charge in [0.05, 0.1) is 12.8 Å². The number of rotatable bonds is 6. The lowest BCUT2D eigenvalue weighted by atomic mass is 10.1. The molecule has 0 bridgehead atoms. The number of hydrogen-bond acceptors (Lipinski definition) is 8. The van der Waals surface area contributed by atoms with E-state index in [1.165, 1.54) is 6.33 Å². The molecule has 4 heterocycles. The Balaban J connectivity index is 1.24. The number of methoxy groups -OCH3 is 1. The molecule has 0 atom stereocenters. The van der Waals surface area contributed by atoms with Crippen molar-refractivity contribution in [3.05, 3.63) is 72.8 Å². The van der Waals surface area contributed by atoms with E-state index >= 15 is 0 Å². The SMILES string of the molecule is COc1cccc(-c2cc(C(=O)N3CCN(c4cc(Nc5ccccn5)ncn4)CC3)n(C)n2)c1. The van der Waals surface area contributed by atoms with Gasteiger partial charge in [-0.2, -0.15) is 5.10 Å². The van der Waals surface area contributed by atoms with Crippen LogP contribution in [0.15, 0.2) is 67.1 Å². The molecule has 0 aliphatic carbocycles. The highest BCUT2D eigenvalue weighted by molar-refractivity contribution is 5.94. The molecule has 1 aliphatic rings. The molecule has 0 spiro atoms. The van der Waals surface area contributed by atoms with E-state index in [9.17, 15) is 4.79 Å². The van der Waals surface area contributed by atoms with E-state index in [0.717, 1.165) is 28.6 Å². The fourth-order valence-electron chi connectivity index (χ4n) is 4.05. The Labute approximate surface area is 203 Å². The van der Waals surface area contributed by atoms with E-state index in [2.05, 4.69) is 30.3 Å². The molecule has 4 aromatic rings. The predicted octanol–water partition coefficient (Wildman–Crippen LogP) is 2.99. The number of ether oxygens (including phenoxy) is 1. The Morgan fingerprint density at radius 2 is 1.80 bits per heavy atom. The highest BCUT2D eigenvalue weighted by Crippen LogP contribution is 2.24. The van der Waals surface area contributed by atoms with E-state index in [0.29, 0.717) is 37.7 Å². The molecule has 1 amide bonds. The van der Waals surface area contributed by atoms with Crippen molar-refractivity contribution in [3.63, 3.8) is 0 Å². The molecule has 1 aliphatic heterocycles. The number of aryl methyl sites for hydroxylation is 1. The number of pyridine rings is 1. The molecule has 178 valence electrons. The lowest BCUT2D eigenvalue weighted by Gasteiger charge is -2.35. The van der Waals surface area contributed by atoms with Crippen molar-refractivity contribution in [1.29, 1.82) is 0 Å². The molecule has 3 aromatic heterocycles. The molecule has 35 heavy (non-hydrogen) atoms. The fraction of sp³-hybridized carbons (Fsp3) is 0.240. The van der Waals surface area contributed by atoms with Crippen LogP contribution in [0.5, 0.6) is 5.75 Å². The van der Waals surface area contributed by atoms with Crippen LogP contribution in [-0.4, -0.2) is 68.8 Å². The first-order chi connectivity index (χ1) is 17.1. The van der Waals surface area contributed by atoms with Gasteiger partial charge in [0.25, 0.3) is 5.91 Å². The van der Waals surface area contributed by atoms with Crippen molar-refractivity contribution in [2.75, 3.05) is 43.5 Å². The second-order valence-corrected chi connectivity index (χ2v) is 8.15. The summed E-state index contributed by atoms with van der Waals surface area (Å²) in [5, 5.41) is 7.74. The van der Waals surface area contributed by atoms with Gasteiger partial charge < -0.3 is 19.9 Å². The van der Waals surface area contributed by atoms with Crippen LogP contribution in [0.3, 0.4) is 0 Å². The van der Waals surface area contributed by atoms with Crippen LogP contribution >= 0.6 is 0 Å². The second-order valence-electron chi connectivity index (χ2n) is 8.15. The highest BCUT2D eigenvalue weighted by Gasteiger charge is 2.25. The van der Waals surface area contributed by atoms with Gasteiger partial charge in [-0.25, -0.2) is 15.0 Å². The van der Waals surface area contributed by atoms with Crippen LogP contribution in [0, 0.1) is 0 Å². The van der Waals surface area contributed by atoms with E-state index in [-0.39, 0.29) is 5.91 Å². The van der Waals surface area contributed by atoms with Gasteiger partial charge in [-0.3, -0.25) is 9.48 Å². The maximum atomic E-state index is 13.3. The number of carbonyl (C=O) groups excluding carboxylic acids is 1. The third-order valence-electron chi connectivity index (χ3n) is 5.93. The highest BCUT2D eigenvalue weighted by atomic mass is 16.5. The summed E-state index contributed by atoms with van der Waals surface area (Å²) in [6.45, 7) is 2.52. The minimum atomic E-state index is -0.0333. The molecule has 10 heteroatoms. The summed E-state index contributed by atoms with van der Waals surface area (Å²) in [6.07, 6.45) is 3.26. The Kier molecular flexibility index (Phi) is 6.25. The topological polar surface area (TPSA) is 101 Å². The Bertz CT molecular complexity index is 1320. The summed E-state index contributed by atoms with van der Waals surface area (Å²) in [4.78, 5) is 30.3. The third-order valence-corrected chi connectivity index (χ3v) is 5.93. The maximum Gasteiger partial charge on any atom is 0.272 e. The number of anilines is 3. The number of amides is 1. The summed E-state index contributed by atoms with van der Waals surface area (Å²) in [5.74, 6) is 2.92. The number of nitrogens with one attached hydrogen (secondary N) is 1. The van der Waals surface area contributed by atoms with Gasteiger partial charge >= 0.3 is 0 Å². The summed E-state index contributed by atoms with van der Waals surface area (Å²) < 4.78 is 6.95. The maximum absolute atomic E-state index is 13.3. The zero-order valence-corrected chi connectivity index (χ0v) is 19.6. The molecule has 10 nitrogen and oxygen atoms in total. The molecule has 1 N–H and O–H groups in total. The Morgan fingerprint density at radius 3 is 2.57 bits per heavy atom. The van der Waals surface area contributed by atoms with Crippen LogP contribution in [0.25, 0.3) is 11.3 Å². The second kappa shape index (κ2) is 9.80. The molecule has 1 saturated heterocycles. The molecular weight excluding hydrogens is 444 g/mol. The molecule has 1 aromatic carbocycles. The number of piperazine rings is 1. The van der Waals surface area contributed by atoms with Crippen molar-refractivity contribution in [3.8, 4) is 17.0 Å². The number of hydrogen-bond donors (Lipinski definition) is 1. The summed E-state index contributed by atoms with van der Waals surface area (Å²) in [6, 6.07) is 17.0. The van der Waals surface area contributed by atoms with Crippen molar-refractivity contribution in [2.24, 2.45) is 7.05 Å². The zero-order valence-electron chi connectivity index (χ0n) is 19.6. The largest absolute Gasteiger partial charge is 0.497 e. The first-order valence-corrected chi connectivity index (χ1v) is 11.3. The first kappa shape index (κ1) is 22.3. The lowest BCUT2D eigenvalue weighted by molar-refractivity contribution is 0.0735. The first-order valence-electron chi connectivity index (χ1n) is 11.3. The van der Waals surface area contributed by atoms with E-state index < -0.39 is 0 Å². The van der Waals surface area contributed by atoms with Crippen LogP contribution in [0.2, 0.25) is 0 Å². The quantitative estimate of drug-likeness (QED) is 0.459. The minimum absolute atomic E-state index is 0.0333. The molecule has 0 radical (unpaired) electrons. The number of benzene rings is 1. The summed E-state index contributed by atoms with van der Waals surface area (Å²) in [7, 11) is 3.43. The van der Waals surface area contributed by atoms with Gasteiger partial charge in [0, 0.05) is 51.1 Å². The van der Waals surface area contributed by atoms with E-state index in [1.54, 1.807) is 25.0 Å². The Hall–Kier alpha value is -4.47. The Morgan fingerprint density at radius 1 is 0.943 bits per heavy atom. The fourth-order valence-corrected chi connectivity index (χ4v) is 4.05. The number of carbonyl (C=O) groups is 1. The van der Waals surface area contributed by atoms with Crippen molar-refractivity contribution in [2.45, 2.75) is 0 Å². The van der Waals surface area contributed by atoms with Gasteiger partial charge in [-0.15, -0.1) is 0 Å². The van der Waals surface area contributed by atoms with E-state index in [4.69, 9.17) is 4.74 Å². The number of nitrogens with zero attached hydrogens (tertiary/aromatic N) is 7. The summed E-state index contributed by atoms with van der Waals surface area (Å²) in [5.41, 5.74) is 2.20. The van der Waals surface area contributed by atoms with E-state index in [1.807, 2.05) is 59.5 Å². The third kappa shape index (κ3) is 4.91. The average molecular weight is 471 g/mol. The van der Waals surface area contributed by atoms with Crippen LogP contribution in [0.4, 0.5) is 17.5 Å². The predicted molar refractivity (Wildman–Crippen MR) is 133 cm³/mol. The van der Waals surface area contributed by atoms with Crippen LogP contribution in [0.1, 0.15) is 10.5 Å². The van der Waals surface area contributed by atoms with Crippen molar-refractivity contribution >= 4 is 23.4 Å². The van der Waals surface area contributed by atoms with Gasteiger partial charge in [0.2, 0.25) is 0 Å². The monoisotopic (exact) mass is 470 g/mol. The normalized spacial score (nSPS) is 13.5.